The fourth-order valence-corrected chi connectivity index (χ4v) is 9.64. The van der Waals surface area contributed by atoms with Crippen LogP contribution >= 0.6 is 11.3 Å². The van der Waals surface area contributed by atoms with Crippen molar-refractivity contribution in [3.05, 3.63) is 194 Å². The molecule has 0 spiro atoms. The third-order valence-corrected chi connectivity index (χ3v) is 12.5. The van der Waals surface area contributed by atoms with Crippen LogP contribution in [-0.2, 0) is 0 Å². The predicted octanol–water partition coefficient (Wildman–Crippen LogP) is 14.7. The third-order valence-electron chi connectivity index (χ3n) is 11.3. The van der Waals surface area contributed by atoms with Gasteiger partial charge in [-0.15, -0.1) is 11.3 Å². The van der Waals surface area contributed by atoms with Crippen molar-refractivity contribution in [3.63, 3.8) is 0 Å². The maximum atomic E-state index is 6.42. The lowest BCUT2D eigenvalue weighted by molar-refractivity contribution is 0.670. The van der Waals surface area contributed by atoms with Crippen molar-refractivity contribution in [3.8, 4) is 67.7 Å². The fourth-order valence-electron chi connectivity index (χ4n) is 8.41. The van der Waals surface area contributed by atoms with Gasteiger partial charge in [0, 0.05) is 64.1 Å². The number of fused-ring (bicyclic) bond motifs is 8. The zero-order valence-electron chi connectivity index (χ0n) is 32.1. The summed E-state index contributed by atoms with van der Waals surface area (Å²) in [5, 5.41) is 5.77. The molecule has 0 fully saturated rings. The average molecular weight is 785 g/mol. The second-order valence-corrected chi connectivity index (χ2v) is 16.0. The summed E-state index contributed by atoms with van der Waals surface area (Å²) in [7, 11) is 0. The van der Waals surface area contributed by atoms with Crippen molar-refractivity contribution in [1.29, 1.82) is 0 Å². The van der Waals surface area contributed by atoms with E-state index in [1.807, 2.05) is 84.1 Å². The van der Waals surface area contributed by atoms with E-state index >= 15 is 0 Å². The molecule has 0 unspecified atom stereocenters. The van der Waals surface area contributed by atoms with E-state index in [-0.39, 0.29) is 0 Å². The number of nitrogens with zero attached hydrogens (tertiary/aromatic N) is 4. The molecule has 60 heavy (non-hydrogen) atoms. The van der Waals surface area contributed by atoms with Crippen molar-refractivity contribution >= 4 is 64.4 Å². The SMILES string of the molecule is c1ccc(-c2nc(-c3ccccc3)nc(-c3ccc(-c4nc5cc(-c6cccc(-c7cccc8c7oc7ccccc78)c6)ccc5c5sc6ccccc6c45)cc3)n2)cc1. The first kappa shape index (κ1) is 34.3. The minimum Gasteiger partial charge on any atom is -0.455 e. The van der Waals surface area contributed by atoms with E-state index < -0.39 is 0 Å². The Balaban J connectivity index is 0.978. The van der Waals surface area contributed by atoms with E-state index in [4.69, 9.17) is 24.4 Å². The van der Waals surface area contributed by atoms with Gasteiger partial charge in [-0.2, -0.15) is 0 Å². The maximum absolute atomic E-state index is 6.42. The first-order chi connectivity index (χ1) is 29.7. The summed E-state index contributed by atoms with van der Waals surface area (Å²) in [5.41, 5.74) is 11.9. The van der Waals surface area contributed by atoms with Gasteiger partial charge in [-0.3, -0.25) is 0 Å². The molecule has 5 nitrogen and oxygen atoms in total. The molecule has 8 aromatic carbocycles. The van der Waals surface area contributed by atoms with Gasteiger partial charge in [0.2, 0.25) is 0 Å². The van der Waals surface area contributed by atoms with E-state index in [1.165, 1.54) is 20.2 Å². The number of hydrogen-bond acceptors (Lipinski definition) is 6. The van der Waals surface area contributed by atoms with E-state index in [0.717, 1.165) is 83.0 Å². The summed E-state index contributed by atoms with van der Waals surface area (Å²) in [6.07, 6.45) is 0. The van der Waals surface area contributed by atoms with Gasteiger partial charge in [-0.05, 0) is 41.0 Å². The molecule has 6 heteroatoms. The van der Waals surface area contributed by atoms with Gasteiger partial charge in [-0.1, -0.05) is 170 Å². The summed E-state index contributed by atoms with van der Waals surface area (Å²) in [5.74, 6) is 1.90. The van der Waals surface area contributed by atoms with Crippen LogP contribution in [0.2, 0.25) is 0 Å². The molecule has 0 radical (unpaired) electrons. The summed E-state index contributed by atoms with van der Waals surface area (Å²) in [4.78, 5) is 20.3. The second kappa shape index (κ2) is 13.9. The fraction of sp³-hybridized carbons (Fsp3) is 0. The highest BCUT2D eigenvalue weighted by Gasteiger charge is 2.19. The predicted molar refractivity (Wildman–Crippen MR) is 248 cm³/mol. The van der Waals surface area contributed by atoms with Gasteiger partial charge in [0.05, 0.1) is 11.2 Å². The molecule has 12 rings (SSSR count). The molecule has 0 atom stereocenters. The lowest BCUT2D eigenvalue weighted by atomic mass is 9.96. The van der Waals surface area contributed by atoms with Gasteiger partial charge >= 0.3 is 0 Å². The van der Waals surface area contributed by atoms with Crippen LogP contribution in [0.25, 0.3) is 121 Å². The van der Waals surface area contributed by atoms with Crippen LogP contribution in [0.1, 0.15) is 0 Å². The molecule has 0 saturated carbocycles. The van der Waals surface area contributed by atoms with Crippen molar-refractivity contribution in [2.45, 2.75) is 0 Å². The molecule has 280 valence electrons. The summed E-state index contributed by atoms with van der Waals surface area (Å²) < 4.78 is 8.89. The third kappa shape index (κ3) is 5.76. The van der Waals surface area contributed by atoms with Crippen molar-refractivity contribution in [1.82, 2.24) is 19.9 Å². The molecule has 12 aromatic rings. The smallest absolute Gasteiger partial charge is 0.164 e. The van der Waals surface area contributed by atoms with Gasteiger partial charge in [0.1, 0.15) is 11.2 Å². The number of thiophene rings is 1. The van der Waals surface area contributed by atoms with Crippen molar-refractivity contribution in [2.24, 2.45) is 0 Å². The Hall–Kier alpha value is -7.80. The Bertz CT molecular complexity index is 3540. The molecule has 0 saturated heterocycles. The number of hydrogen-bond donors (Lipinski definition) is 0. The minimum atomic E-state index is 0.621. The van der Waals surface area contributed by atoms with Gasteiger partial charge in [-0.25, -0.2) is 19.9 Å². The van der Waals surface area contributed by atoms with Crippen LogP contribution in [0.3, 0.4) is 0 Å². The maximum Gasteiger partial charge on any atom is 0.164 e. The number of para-hydroxylation sites is 2. The van der Waals surface area contributed by atoms with E-state index in [0.29, 0.717) is 17.5 Å². The van der Waals surface area contributed by atoms with Crippen LogP contribution < -0.4 is 0 Å². The molecular formula is C54H32N4OS. The molecule has 4 aromatic heterocycles. The van der Waals surface area contributed by atoms with Gasteiger partial charge in [0.15, 0.2) is 17.5 Å². The molecule has 0 aliphatic carbocycles. The molecule has 0 aliphatic rings. The zero-order chi connectivity index (χ0) is 39.6. The monoisotopic (exact) mass is 784 g/mol. The molecular weight excluding hydrogens is 753 g/mol. The number of furan rings is 1. The lowest BCUT2D eigenvalue weighted by Crippen LogP contribution is -2.00. The number of aromatic nitrogens is 4. The summed E-state index contributed by atoms with van der Waals surface area (Å²) in [6.45, 7) is 0. The number of rotatable bonds is 6. The van der Waals surface area contributed by atoms with Crippen molar-refractivity contribution in [2.75, 3.05) is 0 Å². The standard InChI is InChI=1S/C54H32N4OS/c1-3-13-34(14-4-1)52-56-53(35-15-5-2-6-16-35)58-54(57-52)36-27-25-33(26-28-36)49-48-44-20-8-10-24-47(44)60-51(48)43-30-29-38(32-45(43)55-49)37-17-11-18-39(31-37)40-21-12-22-42-41-19-7-9-23-46(41)59-50(40)42/h1-32H. The van der Waals surface area contributed by atoms with E-state index in [1.54, 1.807) is 0 Å². The van der Waals surface area contributed by atoms with Gasteiger partial charge < -0.3 is 4.42 Å². The Morgan fingerprint density at radius 3 is 1.67 bits per heavy atom. The molecule has 0 aliphatic heterocycles. The van der Waals surface area contributed by atoms with Crippen LogP contribution in [0.15, 0.2) is 199 Å². The molecule has 4 heterocycles. The average Bonchev–Trinajstić information content (AvgIpc) is 3.91. The van der Waals surface area contributed by atoms with Gasteiger partial charge in [0.25, 0.3) is 0 Å². The van der Waals surface area contributed by atoms with Crippen LogP contribution in [0, 0.1) is 0 Å². The number of benzene rings is 8. The molecule has 0 N–H and O–H groups in total. The highest BCUT2D eigenvalue weighted by Crippen LogP contribution is 2.44. The minimum absolute atomic E-state index is 0.621. The first-order valence-corrected chi connectivity index (χ1v) is 20.8. The summed E-state index contributed by atoms with van der Waals surface area (Å²) >= 11 is 1.83. The van der Waals surface area contributed by atoms with Crippen molar-refractivity contribution < 1.29 is 4.42 Å². The van der Waals surface area contributed by atoms with Crippen LogP contribution in [0.4, 0.5) is 0 Å². The molecule has 0 bridgehead atoms. The van der Waals surface area contributed by atoms with Crippen LogP contribution in [-0.4, -0.2) is 19.9 Å². The Kier molecular flexibility index (Phi) is 7.96. The van der Waals surface area contributed by atoms with E-state index in [2.05, 4.69) is 121 Å². The quantitative estimate of drug-likeness (QED) is 0.168. The highest BCUT2D eigenvalue weighted by molar-refractivity contribution is 7.26. The largest absolute Gasteiger partial charge is 0.455 e. The Morgan fingerprint density at radius 1 is 0.367 bits per heavy atom. The topological polar surface area (TPSA) is 64.7 Å². The number of pyridine rings is 1. The summed E-state index contributed by atoms with van der Waals surface area (Å²) in [6, 6.07) is 67.4. The normalized spacial score (nSPS) is 11.7. The first-order valence-electron chi connectivity index (χ1n) is 20.0. The molecule has 0 amide bonds. The second-order valence-electron chi connectivity index (χ2n) is 15.0. The Morgan fingerprint density at radius 2 is 0.917 bits per heavy atom. The van der Waals surface area contributed by atoms with Crippen LogP contribution in [0.5, 0.6) is 0 Å². The Labute approximate surface area is 348 Å². The highest BCUT2D eigenvalue weighted by atomic mass is 32.1. The zero-order valence-corrected chi connectivity index (χ0v) is 32.9. The lowest BCUT2D eigenvalue weighted by Gasteiger charge is -2.11. The van der Waals surface area contributed by atoms with E-state index in [9.17, 15) is 0 Å².